The second-order valence-corrected chi connectivity index (χ2v) is 6.15. The van der Waals surface area contributed by atoms with Crippen LogP contribution in [-0.4, -0.2) is 37.7 Å². The van der Waals surface area contributed by atoms with Crippen molar-refractivity contribution in [2.45, 2.75) is 19.1 Å². The zero-order valence-corrected chi connectivity index (χ0v) is 14.9. The van der Waals surface area contributed by atoms with Crippen molar-refractivity contribution in [2.24, 2.45) is 0 Å². The Morgan fingerprint density at radius 2 is 1.67 bits per heavy atom. The SMILES string of the molecule is O=C(CCNC(=O)NCc1ccccc1)NC[C@H]1COc2ccccc2O1. The molecular weight excluding hydrogens is 346 g/mol. The zero-order valence-electron chi connectivity index (χ0n) is 14.9. The maximum atomic E-state index is 11.9. The van der Waals surface area contributed by atoms with Crippen LogP contribution >= 0.6 is 0 Å². The first-order valence-corrected chi connectivity index (χ1v) is 8.91. The van der Waals surface area contributed by atoms with Crippen LogP contribution in [0.25, 0.3) is 0 Å². The first-order valence-electron chi connectivity index (χ1n) is 8.91. The third kappa shape index (κ3) is 5.91. The van der Waals surface area contributed by atoms with Crippen molar-refractivity contribution in [3.8, 4) is 11.5 Å². The molecule has 0 spiro atoms. The van der Waals surface area contributed by atoms with Gasteiger partial charge in [-0.2, -0.15) is 0 Å². The summed E-state index contributed by atoms with van der Waals surface area (Å²) in [5.74, 6) is 1.24. The van der Waals surface area contributed by atoms with Crippen molar-refractivity contribution in [1.29, 1.82) is 0 Å². The van der Waals surface area contributed by atoms with Crippen molar-refractivity contribution in [3.05, 3.63) is 60.2 Å². The first-order chi connectivity index (χ1) is 13.2. The molecule has 0 saturated heterocycles. The number of hydrogen-bond donors (Lipinski definition) is 3. The van der Waals surface area contributed by atoms with Crippen LogP contribution in [0.4, 0.5) is 4.79 Å². The van der Waals surface area contributed by atoms with Crippen LogP contribution in [0, 0.1) is 0 Å². The molecule has 3 N–H and O–H groups in total. The molecule has 0 bridgehead atoms. The van der Waals surface area contributed by atoms with E-state index in [4.69, 9.17) is 9.47 Å². The molecule has 0 aromatic heterocycles. The number of ether oxygens (including phenoxy) is 2. The maximum absolute atomic E-state index is 11.9. The summed E-state index contributed by atoms with van der Waals surface area (Å²) in [7, 11) is 0. The smallest absolute Gasteiger partial charge is 0.315 e. The van der Waals surface area contributed by atoms with E-state index in [0.717, 1.165) is 5.56 Å². The Hall–Kier alpha value is -3.22. The largest absolute Gasteiger partial charge is 0.486 e. The van der Waals surface area contributed by atoms with Crippen molar-refractivity contribution < 1.29 is 19.1 Å². The lowest BCUT2D eigenvalue weighted by molar-refractivity contribution is -0.121. The van der Waals surface area contributed by atoms with Crippen molar-refractivity contribution >= 4 is 11.9 Å². The molecule has 142 valence electrons. The molecule has 7 nitrogen and oxygen atoms in total. The van der Waals surface area contributed by atoms with Crippen LogP contribution < -0.4 is 25.4 Å². The molecule has 2 aromatic rings. The summed E-state index contributed by atoms with van der Waals surface area (Å²) in [4.78, 5) is 23.6. The van der Waals surface area contributed by atoms with Gasteiger partial charge in [-0.05, 0) is 17.7 Å². The third-order valence-electron chi connectivity index (χ3n) is 4.03. The predicted molar refractivity (Wildman–Crippen MR) is 101 cm³/mol. The van der Waals surface area contributed by atoms with Gasteiger partial charge in [0.05, 0.1) is 6.54 Å². The molecule has 3 rings (SSSR count). The molecule has 1 aliphatic heterocycles. The summed E-state index contributed by atoms with van der Waals surface area (Å²) in [6.45, 7) is 1.45. The average molecular weight is 369 g/mol. The summed E-state index contributed by atoms with van der Waals surface area (Å²) < 4.78 is 11.4. The summed E-state index contributed by atoms with van der Waals surface area (Å²) in [5.41, 5.74) is 1.02. The summed E-state index contributed by atoms with van der Waals surface area (Å²) >= 11 is 0. The molecule has 1 heterocycles. The van der Waals surface area contributed by atoms with E-state index in [9.17, 15) is 9.59 Å². The number of fused-ring (bicyclic) bond motifs is 1. The Kier molecular flexibility index (Phi) is 6.51. The lowest BCUT2D eigenvalue weighted by Crippen LogP contribution is -2.42. The van der Waals surface area contributed by atoms with Crippen LogP contribution in [0.15, 0.2) is 54.6 Å². The van der Waals surface area contributed by atoms with E-state index in [0.29, 0.717) is 31.2 Å². The minimum atomic E-state index is -0.299. The highest BCUT2D eigenvalue weighted by Crippen LogP contribution is 2.30. The second-order valence-electron chi connectivity index (χ2n) is 6.15. The van der Waals surface area contributed by atoms with Crippen molar-refractivity contribution in [1.82, 2.24) is 16.0 Å². The molecule has 0 radical (unpaired) electrons. The van der Waals surface area contributed by atoms with Gasteiger partial charge in [0.1, 0.15) is 12.7 Å². The van der Waals surface area contributed by atoms with Crippen LogP contribution in [0.5, 0.6) is 11.5 Å². The van der Waals surface area contributed by atoms with Gasteiger partial charge in [0.15, 0.2) is 11.5 Å². The van der Waals surface area contributed by atoms with E-state index in [-0.39, 0.29) is 31.0 Å². The standard InChI is InChI=1S/C20H23N3O4/c24-19(10-11-21-20(25)23-12-15-6-2-1-3-7-15)22-13-16-14-26-17-8-4-5-9-18(17)27-16/h1-9,16H,10-14H2,(H,22,24)(H2,21,23,25)/t16-/m0/s1. The normalized spacial score (nSPS) is 14.9. The van der Waals surface area contributed by atoms with Crippen LogP contribution in [-0.2, 0) is 11.3 Å². The van der Waals surface area contributed by atoms with Crippen molar-refractivity contribution in [3.63, 3.8) is 0 Å². The van der Waals surface area contributed by atoms with Gasteiger partial charge in [-0.25, -0.2) is 4.79 Å². The van der Waals surface area contributed by atoms with Crippen LogP contribution in [0.2, 0.25) is 0 Å². The number of amides is 3. The predicted octanol–water partition coefficient (Wildman–Crippen LogP) is 1.83. The highest BCUT2D eigenvalue weighted by molar-refractivity contribution is 5.78. The highest BCUT2D eigenvalue weighted by atomic mass is 16.6. The summed E-state index contributed by atoms with van der Waals surface area (Å²) in [6.07, 6.45) is -0.0332. The molecule has 0 unspecified atom stereocenters. The van der Waals surface area contributed by atoms with Gasteiger partial charge in [-0.15, -0.1) is 0 Å². The molecule has 1 aliphatic rings. The second kappa shape index (κ2) is 9.47. The number of para-hydroxylation sites is 2. The molecule has 27 heavy (non-hydrogen) atoms. The average Bonchev–Trinajstić information content (AvgIpc) is 2.71. The number of nitrogens with one attached hydrogen (secondary N) is 3. The lowest BCUT2D eigenvalue weighted by Gasteiger charge is -2.26. The van der Waals surface area contributed by atoms with E-state index in [1.165, 1.54) is 0 Å². The number of urea groups is 1. The number of hydrogen-bond acceptors (Lipinski definition) is 4. The summed E-state index contributed by atoms with van der Waals surface area (Å²) in [6, 6.07) is 16.8. The van der Waals surface area contributed by atoms with E-state index in [1.807, 2.05) is 54.6 Å². The van der Waals surface area contributed by atoms with Gasteiger partial charge < -0.3 is 25.4 Å². The van der Waals surface area contributed by atoms with E-state index in [1.54, 1.807) is 0 Å². The van der Waals surface area contributed by atoms with Gasteiger partial charge in [0.2, 0.25) is 5.91 Å². The lowest BCUT2D eigenvalue weighted by atomic mass is 10.2. The van der Waals surface area contributed by atoms with Gasteiger partial charge in [0, 0.05) is 19.5 Å². The van der Waals surface area contributed by atoms with E-state index >= 15 is 0 Å². The third-order valence-corrected chi connectivity index (χ3v) is 4.03. The molecule has 1 atom stereocenters. The molecule has 0 aliphatic carbocycles. The Morgan fingerprint density at radius 3 is 2.48 bits per heavy atom. The fourth-order valence-electron chi connectivity index (χ4n) is 2.61. The molecule has 2 aromatic carbocycles. The molecular formula is C20H23N3O4. The molecule has 0 saturated carbocycles. The Bertz CT molecular complexity index is 767. The van der Waals surface area contributed by atoms with Crippen molar-refractivity contribution in [2.75, 3.05) is 19.7 Å². The fraction of sp³-hybridized carbons (Fsp3) is 0.300. The Labute approximate surface area is 158 Å². The number of carbonyl (C=O) groups is 2. The van der Waals surface area contributed by atoms with Crippen LogP contribution in [0.1, 0.15) is 12.0 Å². The van der Waals surface area contributed by atoms with Gasteiger partial charge in [0.25, 0.3) is 0 Å². The molecule has 0 fully saturated rings. The topological polar surface area (TPSA) is 88.7 Å². The monoisotopic (exact) mass is 369 g/mol. The quantitative estimate of drug-likeness (QED) is 0.695. The number of carbonyl (C=O) groups excluding carboxylic acids is 2. The van der Waals surface area contributed by atoms with E-state index < -0.39 is 0 Å². The van der Waals surface area contributed by atoms with Gasteiger partial charge >= 0.3 is 6.03 Å². The number of benzene rings is 2. The Balaban J connectivity index is 1.28. The van der Waals surface area contributed by atoms with Crippen LogP contribution in [0.3, 0.4) is 0 Å². The van der Waals surface area contributed by atoms with Gasteiger partial charge in [-0.3, -0.25) is 4.79 Å². The zero-order chi connectivity index (χ0) is 18.9. The molecule has 7 heteroatoms. The van der Waals surface area contributed by atoms with E-state index in [2.05, 4.69) is 16.0 Å². The highest BCUT2D eigenvalue weighted by Gasteiger charge is 2.20. The first kappa shape index (κ1) is 18.6. The fourth-order valence-corrected chi connectivity index (χ4v) is 2.61. The minimum Gasteiger partial charge on any atom is -0.486 e. The minimum absolute atomic E-state index is 0.152. The van der Waals surface area contributed by atoms with Gasteiger partial charge in [-0.1, -0.05) is 42.5 Å². The Morgan fingerprint density at radius 1 is 0.926 bits per heavy atom. The maximum Gasteiger partial charge on any atom is 0.315 e. The summed E-state index contributed by atoms with van der Waals surface area (Å²) in [5, 5.41) is 8.21. The molecule has 3 amide bonds. The number of rotatable bonds is 7.